The topological polar surface area (TPSA) is 163 Å². The molecule has 1 amide bonds. The minimum absolute atomic E-state index is 0.0967. The molecule has 6 N–H and O–H groups in total. The average molecular weight is 550 g/mol. The zero-order chi connectivity index (χ0) is 26.3. The van der Waals surface area contributed by atoms with Gasteiger partial charge in [0.05, 0.1) is 10.6 Å². The van der Waals surface area contributed by atoms with Crippen LogP contribution in [0.3, 0.4) is 0 Å². The van der Waals surface area contributed by atoms with E-state index in [1.165, 1.54) is 24.5 Å². The fraction of sp³-hybridized carbons (Fsp3) is 0.0870. The molecule has 0 aromatic heterocycles. The molecular weight excluding hydrogens is 529 g/mol. The van der Waals surface area contributed by atoms with E-state index in [0.717, 1.165) is 0 Å². The molecule has 13 heteroatoms. The van der Waals surface area contributed by atoms with E-state index in [1.54, 1.807) is 48.5 Å². The first kappa shape index (κ1) is 27.1. The third-order valence-electron chi connectivity index (χ3n) is 4.79. The quantitative estimate of drug-likeness (QED) is 0.112. The highest BCUT2D eigenvalue weighted by Crippen LogP contribution is 2.23. The van der Waals surface area contributed by atoms with Crippen LogP contribution < -0.4 is 21.3 Å². The van der Waals surface area contributed by atoms with Crippen molar-refractivity contribution in [2.45, 2.75) is 17.4 Å². The molecule has 3 aromatic carbocycles. The largest absolute Gasteiger partial charge is 0.480 e. The van der Waals surface area contributed by atoms with Gasteiger partial charge in [-0.1, -0.05) is 41.4 Å². The molecule has 0 saturated heterocycles. The number of hydrazine groups is 1. The molecule has 0 saturated carbocycles. The summed E-state index contributed by atoms with van der Waals surface area (Å²) in [5.41, 5.74) is 4.16. The number of nitrogens with zero attached hydrogens (tertiary/aromatic N) is 1. The van der Waals surface area contributed by atoms with E-state index in [0.29, 0.717) is 22.5 Å². The summed E-state index contributed by atoms with van der Waals surface area (Å²) in [5.74, 6) is 3.41. The van der Waals surface area contributed by atoms with Crippen LogP contribution in [0.2, 0.25) is 10.0 Å². The smallest absolute Gasteiger partial charge is 0.322 e. The molecule has 0 aliphatic heterocycles. The molecule has 3 rings (SSSR count). The van der Waals surface area contributed by atoms with Crippen molar-refractivity contribution in [3.8, 4) is 0 Å². The summed E-state index contributed by atoms with van der Waals surface area (Å²) < 4.78 is 27.5. The number of carbonyl (C=O) groups excluding carboxylic acids is 1. The minimum atomic E-state index is -4.21. The first-order valence-electron chi connectivity index (χ1n) is 10.3. The molecule has 10 nitrogen and oxygen atoms in total. The van der Waals surface area contributed by atoms with Crippen LogP contribution in [0.1, 0.15) is 15.9 Å². The summed E-state index contributed by atoms with van der Waals surface area (Å²) in [7, 11) is -4.21. The number of aliphatic imine (C=N–C) groups is 1. The van der Waals surface area contributed by atoms with Crippen molar-refractivity contribution in [3.63, 3.8) is 0 Å². The lowest BCUT2D eigenvalue weighted by molar-refractivity contribution is -0.138. The number of halogens is 2. The molecule has 0 spiro atoms. The van der Waals surface area contributed by atoms with Gasteiger partial charge in [0.25, 0.3) is 5.91 Å². The first-order valence-corrected chi connectivity index (χ1v) is 12.5. The predicted molar refractivity (Wildman–Crippen MR) is 138 cm³/mol. The van der Waals surface area contributed by atoms with Gasteiger partial charge < -0.3 is 15.8 Å². The number of rotatable bonds is 10. The Bertz CT molecular complexity index is 1380. The highest BCUT2D eigenvalue weighted by Gasteiger charge is 2.26. The van der Waals surface area contributed by atoms with Crippen LogP contribution in [-0.2, 0) is 21.2 Å². The van der Waals surface area contributed by atoms with Gasteiger partial charge in [0.2, 0.25) is 10.0 Å². The van der Waals surface area contributed by atoms with Crippen molar-refractivity contribution in [1.82, 2.24) is 10.1 Å². The average Bonchev–Trinajstić information content (AvgIpc) is 2.83. The van der Waals surface area contributed by atoms with Crippen LogP contribution in [0.25, 0.3) is 0 Å². The molecule has 0 heterocycles. The number of aliphatic carboxylic acids is 1. The number of hydrogen-bond donors (Lipinski definition) is 5. The Kier molecular flexibility index (Phi) is 9.02. The lowest BCUT2D eigenvalue weighted by atomic mass is 10.1. The second-order valence-corrected chi connectivity index (χ2v) is 10.0. The van der Waals surface area contributed by atoms with Crippen molar-refractivity contribution >= 4 is 62.8 Å². The summed E-state index contributed by atoms with van der Waals surface area (Å²) in [4.78, 5) is 28.1. The van der Waals surface area contributed by atoms with Gasteiger partial charge in [-0.3, -0.25) is 9.59 Å². The number of benzene rings is 3. The number of nitrogens with one attached hydrogen (secondary N) is 3. The number of hydrogen-bond acceptors (Lipinski definition) is 6. The Morgan fingerprint density at radius 2 is 1.69 bits per heavy atom. The van der Waals surface area contributed by atoms with Gasteiger partial charge in [0.1, 0.15) is 12.4 Å². The maximum atomic E-state index is 12.7. The third-order valence-corrected chi connectivity index (χ3v) is 6.68. The molecular formula is C23H21Cl2N5O5S. The Morgan fingerprint density at radius 3 is 2.31 bits per heavy atom. The monoisotopic (exact) mass is 549 g/mol. The third kappa shape index (κ3) is 7.51. The second-order valence-electron chi connectivity index (χ2n) is 7.45. The molecule has 0 bridgehead atoms. The summed E-state index contributed by atoms with van der Waals surface area (Å²) in [5, 5.41) is 12.5. The van der Waals surface area contributed by atoms with Gasteiger partial charge in [-0.25, -0.2) is 19.3 Å². The molecule has 0 aliphatic carbocycles. The number of sulfonamides is 1. The lowest BCUT2D eigenvalue weighted by Crippen LogP contribution is -2.42. The van der Waals surface area contributed by atoms with Gasteiger partial charge in [0.15, 0.2) is 0 Å². The van der Waals surface area contributed by atoms with Crippen molar-refractivity contribution in [3.05, 3.63) is 87.9 Å². The normalized spacial score (nSPS) is 12.3. The highest BCUT2D eigenvalue weighted by atomic mass is 35.5. The van der Waals surface area contributed by atoms with Crippen molar-refractivity contribution in [2.24, 2.45) is 10.8 Å². The van der Waals surface area contributed by atoms with E-state index < -0.39 is 22.0 Å². The van der Waals surface area contributed by atoms with Crippen LogP contribution in [0.4, 0.5) is 11.4 Å². The molecule has 0 aliphatic rings. The summed E-state index contributed by atoms with van der Waals surface area (Å²) >= 11 is 11.7. The Morgan fingerprint density at radius 1 is 1.03 bits per heavy atom. The summed E-state index contributed by atoms with van der Waals surface area (Å²) in [6, 6.07) is 15.2. The number of amides is 1. The number of carboxylic acid groups (broad SMARTS) is 1. The van der Waals surface area contributed by atoms with Crippen LogP contribution >= 0.6 is 23.2 Å². The lowest BCUT2D eigenvalue weighted by Gasteiger charge is -2.16. The van der Waals surface area contributed by atoms with Crippen molar-refractivity contribution < 1.29 is 23.1 Å². The van der Waals surface area contributed by atoms with Gasteiger partial charge in [-0.2, -0.15) is 4.72 Å². The zero-order valence-electron chi connectivity index (χ0n) is 18.5. The van der Waals surface area contributed by atoms with Crippen LogP contribution in [0, 0.1) is 0 Å². The van der Waals surface area contributed by atoms with Gasteiger partial charge in [-0.15, -0.1) is 0 Å². The Balaban J connectivity index is 1.69. The van der Waals surface area contributed by atoms with Crippen molar-refractivity contribution in [1.29, 1.82) is 0 Å². The van der Waals surface area contributed by atoms with Gasteiger partial charge in [0, 0.05) is 21.3 Å². The molecule has 188 valence electrons. The molecule has 0 fully saturated rings. The first-order chi connectivity index (χ1) is 17.1. The van der Waals surface area contributed by atoms with Gasteiger partial charge in [-0.05, 0) is 60.5 Å². The molecule has 1 atom stereocenters. The van der Waals surface area contributed by atoms with E-state index >= 15 is 0 Å². The van der Waals surface area contributed by atoms with E-state index in [1.807, 2.05) is 0 Å². The van der Waals surface area contributed by atoms with E-state index in [4.69, 9.17) is 29.0 Å². The van der Waals surface area contributed by atoms with Crippen LogP contribution in [-0.4, -0.2) is 37.8 Å². The maximum absolute atomic E-state index is 12.7. The molecule has 36 heavy (non-hydrogen) atoms. The maximum Gasteiger partial charge on any atom is 0.322 e. The zero-order valence-corrected chi connectivity index (χ0v) is 20.8. The van der Waals surface area contributed by atoms with E-state index in [9.17, 15) is 23.1 Å². The minimum Gasteiger partial charge on any atom is -0.480 e. The molecule has 0 unspecified atom stereocenters. The summed E-state index contributed by atoms with van der Waals surface area (Å²) in [6.45, 7) is 0. The van der Waals surface area contributed by atoms with Crippen LogP contribution in [0.5, 0.6) is 0 Å². The standard InChI is InChI=1S/C23H21Cl2N5O5S/c24-16-10-17(25)12-20(11-16)36(34,35)30-21(23(32)33)8-14-4-6-18(7-5-14)29-22(31)15-2-1-3-19(9-15)27-13-28-26/h1-7,9-13,21,30H,8,26H2,(H,27,28)(H,29,31)(H,32,33)/t21-/m0/s1. The molecule has 3 aromatic rings. The summed E-state index contributed by atoms with van der Waals surface area (Å²) in [6.07, 6.45) is 1.14. The number of nitrogens with two attached hydrogens (primary N) is 1. The van der Waals surface area contributed by atoms with Crippen LogP contribution in [0.15, 0.2) is 76.6 Å². The van der Waals surface area contributed by atoms with Gasteiger partial charge >= 0.3 is 5.97 Å². The van der Waals surface area contributed by atoms with E-state index in [-0.39, 0.29) is 27.3 Å². The second kappa shape index (κ2) is 12.0. The number of carboxylic acids is 1. The SMILES string of the molecule is NNC=Nc1cccc(C(=O)Nc2ccc(C[C@H](NS(=O)(=O)c3cc(Cl)cc(Cl)c3)C(=O)O)cc2)c1. The Hall–Kier alpha value is -3.48. The highest BCUT2D eigenvalue weighted by molar-refractivity contribution is 7.89. The Labute approximate surface area is 217 Å². The fourth-order valence-electron chi connectivity index (χ4n) is 3.12. The predicted octanol–water partition coefficient (Wildman–Crippen LogP) is 3.34. The number of anilines is 1. The fourth-order valence-corrected chi connectivity index (χ4v) is 5.04. The van der Waals surface area contributed by atoms with E-state index in [2.05, 4.69) is 20.5 Å². The van der Waals surface area contributed by atoms with Crippen molar-refractivity contribution in [2.75, 3.05) is 5.32 Å². The molecule has 0 radical (unpaired) electrons. The number of carbonyl (C=O) groups is 2.